The van der Waals surface area contributed by atoms with Gasteiger partial charge in [0.1, 0.15) is 5.75 Å². The molecule has 166 valence electrons. The van der Waals surface area contributed by atoms with Crippen molar-refractivity contribution in [2.24, 2.45) is 0 Å². The predicted molar refractivity (Wildman–Crippen MR) is 126 cm³/mol. The van der Waals surface area contributed by atoms with Crippen LogP contribution < -0.4 is 9.64 Å². The summed E-state index contributed by atoms with van der Waals surface area (Å²) in [7, 11) is 4.98. The third-order valence-electron chi connectivity index (χ3n) is 5.85. The normalized spacial score (nSPS) is 17.7. The Morgan fingerprint density at radius 3 is 2.62 bits per heavy atom. The van der Waals surface area contributed by atoms with Gasteiger partial charge in [0.2, 0.25) is 5.91 Å². The van der Waals surface area contributed by atoms with Crippen molar-refractivity contribution in [2.75, 3.05) is 39.3 Å². The molecule has 0 spiro atoms. The van der Waals surface area contributed by atoms with Gasteiger partial charge in [-0.3, -0.25) is 9.59 Å². The van der Waals surface area contributed by atoms with Gasteiger partial charge in [0.05, 0.1) is 25.7 Å². The van der Waals surface area contributed by atoms with Crippen LogP contribution in [0.15, 0.2) is 66.0 Å². The van der Waals surface area contributed by atoms with E-state index in [0.717, 1.165) is 16.1 Å². The Kier molecular flexibility index (Phi) is 6.58. The molecule has 0 saturated heterocycles. The summed E-state index contributed by atoms with van der Waals surface area (Å²) in [4.78, 5) is 31.9. The number of anilines is 1. The van der Waals surface area contributed by atoms with E-state index in [1.54, 1.807) is 48.5 Å². The largest absolute Gasteiger partial charge is 0.497 e. The minimum atomic E-state index is -0.546. The molecule has 2 heterocycles. The van der Waals surface area contributed by atoms with Gasteiger partial charge >= 0.3 is 0 Å². The van der Waals surface area contributed by atoms with Crippen molar-refractivity contribution >= 4 is 28.8 Å². The lowest BCUT2D eigenvalue weighted by molar-refractivity contribution is -0.121. The Morgan fingerprint density at radius 2 is 1.91 bits per heavy atom. The molecule has 2 unspecified atom stereocenters. The van der Waals surface area contributed by atoms with E-state index in [2.05, 4.69) is 0 Å². The van der Waals surface area contributed by atoms with E-state index in [1.807, 2.05) is 60.0 Å². The van der Waals surface area contributed by atoms with Crippen molar-refractivity contribution in [3.63, 3.8) is 0 Å². The molecule has 0 radical (unpaired) electrons. The summed E-state index contributed by atoms with van der Waals surface area (Å²) in [6.45, 7) is 0.793. The topological polar surface area (TPSA) is 59.1 Å². The van der Waals surface area contributed by atoms with Crippen LogP contribution in [0.2, 0.25) is 0 Å². The molecule has 1 aliphatic heterocycles. The molecule has 0 bridgehead atoms. The van der Waals surface area contributed by atoms with Crippen LogP contribution in [0.5, 0.6) is 5.75 Å². The number of carbonyl (C=O) groups is 2. The highest BCUT2D eigenvalue weighted by Crippen LogP contribution is 2.45. The van der Waals surface area contributed by atoms with Gasteiger partial charge in [0.15, 0.2) is 0 Å². The van der Waals surface area contributed by atoms with Gasteiger partial charge < -0.3 is 19.3 Å². The van der Waals surface area contributed by atoms with E-state index < -0.39 is 12.0 Å². The first-order valence-corrected chi connectivity index (χ1v) is 11.3. The third kappa shape index (κ3) is 4.01. The molecule has 7 heteroatoms. The smallest absolute Gasteiger partial charge is 0.254 e. The van der Waals surface area contributed by atoms with Crippen molar-refractivity contribution in [1.82, 2.24) is 4.90 Å². The predicted octanol–water partition coefficient (Wildman–Crippen LogP) is 4.35. The minimum absolute atomic E-state index is 0.0795. The quantitative estimate of drug-likeness (QED) is 0.537. The van der Waals surface area contributed by atoms with Crippen LogP contribution in [0, 0.1) is 0 Å². The van der Waals surface area contributed by atoms with Gasteiger partial charge in [0.25, 0.3) is 5.91 Å². The molecule has 3 aromatic rings. The van der Waals surface area contributed by atoms with Gasteiger partial charge in [-0.15, -0.1) is 11.3 Å². The number of rotatable bonds is 7. The third-order valence-corrected chi connectivity index (χ3v) is 6.79. The maximum absolute atomic E-state index is 14.0. The second-order valence-corrected chi connectivity index (χ2v) is 8.59. The summed E-state index contributed by atoms with van der Waals surface area (Å²) in [5.41, 5.74) is 2.05. The average molecular weight is 451 g/mol. The molecule has 4 rings (SSSR count). The first-order chi connectivity index (χ1) is 15.6. The molecule has 0 fully saturated rings. The molecular formula is C25H26N2O4S. The number of fused-ring (bicyclic) bond motifs is 1. The fourth-order valence-electron chi connectivity index (χ4n) is 4.22. The zero-order chi connectivity index (χ0) is 22.7. The molecule has 2 aromatic carbocycles. The molecule has 2 amide bonds. The van der Waals surface area contributed by atoms with Gasteiger partial charge in [-0.05, 0) is 35.2 Å². The summed E-state index contributed by atoms with van der Waals surface area (Å²) < 4.78 is 10.6. The molecule has 32 heavy (non-hydrogen) atoms. The van der Waals surface area contributed by atoms with Crippen molar-refractivity contribution in [3.05, 3.63) is 82.0 Å². The molecule has 0 N–H and O–H groups in total. The number of hydrogen-bond acceptors (Lipinski definition) is 5. The Morgan fingerprint density at radius 1 is 1.09 bits per heavy atom. The SMILES string of the molecule is COCCN1C(=O)c2ccccc2C(C(=O)N(C)c2cccc(OC)c2)C1c1cccs1. The number of methoxy groups -OCH3 is 2. The molecular weight excluding hydrogens is 424 g/mol. The fraction of sp³-hybridized carbons (Fsp3) is 0.280. The second kappa shape index (κ2) is 9.54. The summed E-state index contributed by atoms with van der Waals surface area (Å²) in [6.07, 6.45) is 0. The summed E-state index contributed by atoms with van der Waals surface area (Å²) in [6, 6.07) is 18.4. The lowest BCUT2D eigenvalue weighted by atomic mass is 9.81. The highest BCUT2D eigenvalue weighted by Gasteiger charge is 2.45. The maximum Gasteiger partial charge on any atom is 0.254 e. The Hall–Kier alpha value is -3.16. The number of carbonyl (C=O) groups excluding carboxylic acids is 2. The number of nitrogens with zero attached hydrogens (tertiary/aromatic N) is 2. The van der Waals surface area contributed by atoms with E-state index >= 15 is 0 Å². The van der Waals surface area contributed by atoms with Crippen LogP contribution in [0.4, 0.5) is 5.69 Å². The molecule has 6 nitrogen and oxygen atoms in total. The van der Waals surface area contributed by atoms with Crippen molar-refractivity contribution in [1.29, 1.82) is 0 Å². The van der Waals surface area contributed by atoms with E-state index in [-0.39, 0.29) is 11.8 Å². The van der Waals surface area contributed by atoms with Gasteiger partial charge in [-0.25, -0.2) is 0 Å². The second-order valence-electron chi connectivity index (χ2n) is 7.62. The highest BCUT2D eigenvalue weighted by atomic mass is 32.1. The minimum Gasteiger partial charge on any atom is -0.497 e. The zero-order valence-electron chi connectivity index (χ0n) is 18.4. The van der Waals surface area contributed by atoms with Gasteiger partial charge in [-0.2, -0.15) is 0 Å². The molecule has 1 aromatic heterocycles. The van der Waals surface area contributed by atoms with E-state index in [1.165, 1.54) is 0 Å². The van der Waals surface area contributed by atoms with Crippen molar-refractivity contribution in [3.8, 4) is 5.75 Å². The first kappa shape index (κ1) is 22.0. The van der Waals surface area contributed by atoms with E-state index in [4.69, 9.17) is 9.47 Å². The lowest BCUT2D eigenvalue weighted by Gasteiger charge is -2.42. The fourth-order valence-corrected chi connectivity index (χ4v) is 5.10. The zero-order valence-corrected chi connectivity index (χ0v) is 19.2. The summed E-state index contributed by atoms with van der Waals surface area (Å²) in [5, 5.41) is 1.97. The Labute approximate surface area is 192 Å². The van der Waals surface area contributed by atoms with Crippen molar-refractivity contribution < 1.29 is 19.1 Å². The lowest BCUT2D eigenvalue weighted by Crippen LogP contribution is -2.48. The molecule has 1 aliphatic rings. The highest BCUT2D eigenvalue weighted by molar-refractivity contribution is 7.10. The van der Waals surface area contributed by atoms with Crippen molar-refractivity contribution in [2.45, 2.75) is 12.0 Å². The average Bonchev–Trinajstić information content (AvgIpc) is 3.37. The van der Waals surface area contributed by atoms with Gasteiger partial charge in [-0.1, -0.05) is 30.3 Å². The maximum atomic E-state index is 14.0. The van der Waals surface area contributed by atoms with Crippen LogP contribution in [-0.4, -0.2) is 51.1 Å². The summed E-state index contributed by atoms with van der Waals surface area (Å²) in [5.74, 6) is -0.0309. The van der Waals surface area contributed by atoms with E-state index in [0.29, 0.717) is 24.5 Å². The van der Waals surface area contributed by atoms with Crippen LogP contribution in [-0.2, 0) is 9.53 Å². The number of hydrogen-bond donors (Lipinski definition) is 0. The standard InChI is InChI=1S/C25H26N2O4S/c1-26(17-8-6-9-18(16-17)31-3)25(29)22-19-10-4-5-11-20(19)24(28)27(13-14-30-2)23(22)21-12-7-15-32-21/h4-12,15-16,22-23H,13-14H2,1-3H3. The van der Waals surface area contributed by atoms with Crippen LogP contribution >= 0.6 is 11.3 Å². The van der Waals surface area contributed by atoms with E-state index in [9.17, 15) is 9.59 Å². The number of likely N-dealkylation sites (N-methyl/N-ethyl adjacent to an activating group) is 1. The number of thiophene rings is 1. The molecule has 0 saturated carbocycles. The monoisotopic (exact) mass is 450 g/mol. The number of amides is 2. The number of benzene rings is 2. The Balaban J connectivity index is 1.83. The number of ether oxygens (including phenoxy) is 2. The molecule has 2 atom stereocenters. The van der Waals surface area contributed by atoms with Crippen LogP contribution in [0.1, 0.15) is 32.8 Å². The molecule has 0 aliphatic carbocycles. The Bertz CT molecular complexity index is 1100. The summed E-state index contributed by atoms with van der Waals surface area (Å²) >= 11 is 1.55. The first-order valence-electron chi connectivity index (χ1n) is 10.4. The van der Waals surface area contributed by atoms with Gasteiger partial charge in [0, 0.05) is 42.9 Å². The van der Waals surface area contributed by atoms with Crippen LogP contribution in [0.25, 0.3) is 0 Å². The van der Waals surface area contributed by atoms with Crippen LogP contribution in [0.3, 0.4) is 0 Å².